The van der Waals surface area contributed by atoms with Gasteiger partial charge in [0.05, 0.1) is 0 Å². The van der Waals surface area contributed by atoms with Crippen molar-refractivity contribution in [3.05, 3.63) is 102 Å². The lowest BCUT2D eigenvalue weighted by Gasteiger charge is -2.26. The van der Waals surface area contributed by atoms with Gasteiger partial charge < -0.3 is 10.6 Å². The molecule has 3 N–H and O–H groups in total. The predicted octanol–water partition coefficient (Wildman–Crippen LogP) is 4.58. The molecule has 0 amide bonds. The fraction of sp³-hybridized carbons (Fsp3) is 0.143. The third-order valence-corrected chi connectivity index (χ3v) is 3.74. The van der Waals surface area contributed by atoms with E-state index in [0.717, 1.165) is 5.56 Å². The summed E-state index contributed by atoms with van der Waals surface area (Å²) in [6.45, 7) is 4.24. The summed E-state index contributed by atoms with van der Waals surface area (Å²) < 4.78 is 0. The van der Waals surface area contributed by atoms with E-state index >= 15 is 0 Å². The molecule has 0 aliphatic carbocycles. The number of aromatic hydroxyl groups is 1. The molecule has 0 aliphatic rings. The molecule has 0 heterocycles. The lowest BCUT2D eigenvalue weighted by atomic mass is 9.78. The molecule has 0 saturated heterocycles. The average Bonchev–Trinajstić information content (AvgIpc) is 2.58. The molecule has 0 aromatic heterocycles. The maximum Gasteiger partial charge on any atom is 0.119 e. The minimum absolute atomic E-state index is 0. The Bertz CT molecular complexity index is 650. The summed E-state index contributed by atoms with van der Waals surface area (Å²) in [4.78, 5) is 0. The van der Waals surface area contributed by atoms with Crippen molar-refractivity contribution < 1.29 is 10.6 Å². The maximum absolute atomic E-state index is 9.91. The third kappa shape index (κ3) is 4.97. The highest BCUT2D eigenvalue weighted by atomic mass is 16.3. The Balaban J connectivity index is 0.000000320. The fourth-order valence-corrected chi connectivity index (χ4v) is 2.40. The first kappa shape index (κ1) is 18.5. The Morgan fingerprint density at radius 1 is 0.609 bits per heavy atom. The first-order chi connectivity index (χ1) is 10.6. The predicted molar refractivity (Wildman–Crippen MR) is 96.7 cm³/mol. The molecule has 0 unspecified atom stereocenters. The van der Waals surface area contributed by atoms with E-state index in [0.29, 0.717) is 5.75 Å². The van der Waals surface area contributed by atoms with Gasteiger partial charge in [-0.2, -0.15) is 0 Å². The number of hydrogen-bond acceptors (Lipinski definition) is 1. The minimum atomic E-state index is -0.174. The van der Waals surface area contributed by atoms with E-state index < -0.39 is 0 Å². The van der Waals surface area contributed by atoms with Crippen LogP contribution in [0.4, 0.5) is 0 Å². The van der Waals surface area contributed by atoms with Crippen molar-refractivity contribution >= 4 is 0 Å². The number of hydrogen-bond donors (Lipinski definition) is 1. The van der Waals surface area contributed by atoms with E-state index in [2.05, 4.69) is 26.0 Å². The lowest BCUT2D eigenvalue weighted by Crippen LogP contribution is -2.18. The highest BCUT2D eigenvalue weighted by Gasteiger charge is 2.25. The fourth-order valence-electron chi connectivity index (χ4n) is 2.40. The summed E-state index contributed by atoms with van der Waals surface area (Å²) in [6.07, 6.45) is 0. The van der Waals surface area contributed by atoms with Gasteiger partial charge in [0.2, 0.25) is 0 Å². The zero-order valence-corrected chi connectivity index (χ0v) is 13.6. The summed E-state index contributed by atoms with van der Waals surface area (Å²) in [6, 6.07) is 29.7. The van der Waals surface area contributed by atoms with Crippen LogP contribution in [0.3, 0.4) is 0 Å². The summed E-state index contributed by atoms with van der Waals surface area (Å²) in [7, 11) is 0. The zero-order chi connectivity index (χ0) is 15.8. The number of phenolic OH excluding ortho intramolecular Hbond substituents is 1. The molecule has 2 nitrogen and oxygen atoms in total. The van der Waals surface area contributed by atoms with E-state index in [9.17, 15) is 5.11 Å². The Labute approximate surface area is 138 Å². The van der Waals surface area contributed by atoms with Crippen molar-refractivity contribution in [1.29, 1.82) is 0 Å². The standard InChI is InChI=1S/C15H16O.C6H6.H2O/c1-15(2,12-8-4-3-5-9-12)13-10-6-7-11-14(13)16;1-2-4-6-5-3-1;/h3-11,16H,1-2H3;1-6H;1H2. The van der Waals surface area contributed by atoms with Crippen LogP contribution in [0.25, 0.3) is 0 Å². The Kier molecular flexibility index (Phi) is 7.04. The summed E-state index contributed by atoms with van der Waals surface area (Å²) in [5.41, 5.74) is 1.99. The van der Waals surface area contributed by atoms with Crippen LogP contribution in [-0.4, -0.2) is 10.6 Å². The molecule has 0 saturated carbocycles. The molecule has 2 heteroatoms. The first-order valence-electron chi connectivity index (χ1n) is 7.46. The summed E-state index contributed by atoms with van der Waals surface area (Å²) in [5.74, 6) is 0.358. The summed E-state index contributed by atoms with van der Waals surface area (Å²) >= 11 is 0. The molecule has 23 heavy (non-hydrogen) atoms. The van der Waals surface area contributed by atoms with Crippen molar-refractivity contribution in [3.8, 4) is 5.75 Å². The molecule has 0 radical (unpaired) electrons. The molecule has 0 atom stereocenters. The van der Waals surface area contributed by atoms with Gasteiger partial charge >= 0.3 is 0 Å². The van der Waals surface area contributed by atoms with Gasteiger partial charge in [-0.05, 0) is 11.6 Å². The second kappa shape index (κ2) is 8.76. The minimum Gasteiger partial charge on any atom is -0.508 e. The van der Waals surface area contributed by atoms with Crippen LogP contribution in [0.2, 0.25) is 0 Å². The average molecular weight is 308 g/mol. The Morgan fingerprint density at radius 2 is 1.00 bits per heavy atom. The molecular formula is C21H24O2. The topological polar surface area (TPSA) is 51.7 Å². The SMILES string of the molecule is CC(C)(c1ccccc1)c1ccccc1O.O.c1ccccc1. The second-order valence-corrected chi connectivity index (χ2v) is 5.66. The van der Waals surface area contributed by atoms with Crippen LogP contribution < -0.4 is 0 Å². The number of rotatable bonds is 2. The van der Waals surface area contributed by atoms with Gasteiger partial charge in [-0.3, -0.25) is 0 Å². The van der Waals surface area contributed by atoms with Gasteiger partial charge in [0.25, 0.3) is 0 Å². The van der Waals surface area contributed by atoms with Crippen molar-refractivity contribution in [2.24, 2.45) is 0 Å². The number of benzene rings is 3. The quantitative estimate of drug-likeness (QED) is 0.740. The Hall–Kier alpha value is -2.58. The third-order valence-electron chi connectivity index (χ3n) is 3.74. The van der Waals surface area contributed by atoms with Crippen LogP contribution >= 0.6 is 0 Å². The van der Waals surface area contributed by atoms with Crippen LogP contribution in [0.1, 0.15) is 25.0 Å². The first-order valence-corrected chi connectivity index (χ1v) is 7.46. The van der Waals surface area contributed by atoms with E-state index in [-0.39, 0.29) is 10.9 Å². The smallest absolute Gasteiger partial charge is 0.119 e. The van der Waals surface area contributed by atoms with Crippen molar-refractivity contribution in [1.82, 2.24) is 0 Å². The molecule has 0 bridgehead atoms. The monoisotopic (exact) mass is 308 g/mol. The summed E-state index contributed by atoms with van der Waals surface area (Å²) in [5, 5.41) is 9.91. The molecule has 3 aromatic carbocycles. The highest BCUT2D eigenvalue weighted by molar-refractivity contribution is 5.44. The molecule has 3 rings (SSSR count). The number of phenols is 1. The van der Waals surface area contributed by atoms with E-state index in [1.54, 1.807) is 6.07 Å². The van der Waals surface area contributed by atoms with Gasteiger partial charge in [-0.25, -0.2) is 0 Å². The second-order valence-electron chi connectivity index (χ2n) is 5.66. The van der Waals surface area contributed by atoms with Gasteiger partial charge in [0.1, 0.15) is 5.75 Å². The molecule has 120 valence electrons. The molecule has 3 aromatic rings. The van der Waals surface area contributed by atoms with Crippen LogP contribution in [0.15, 0.2) is 91.0 Å². The normalized spacial score (nSPS) is 10.0. The lowest BCUT2D eigenvalue weighted by molar-refractivity contribution is 0.453. The van der Waals surface area contributed by atoms with Crippen LogP contribution in [-0.2, 0) is 5.41 Å². The van der Waals surface area contributed by atoms with Crippen molar-refractivity contribution in [2.45, 2.75) is 19.3 Å². The van der Waals surface area contributed by atoms with E-state index in [1.165, 1.54) is 5.56 Å². The highest BCUT2D eigenvalue weighted by Crippen LogP contribution is 2.36. The molecule has 0 fully saturated rings. The Morgan fingerprint density at radius 3 is 1.48 bits per heavy atom. The number of para-hydroxylation sites is 1. The molecule has 0 spiro atoms. The van der Waals surface area contributed by atoms with Gasteiger partial charge in [0, 0.05) is 11.0 Å². The molecule has 0 aliphatic heterocycles. The molecular weight excluding hydrogens is 284 g/mol. The largest absolute Gasteiger partial charge is 0.508 e. The van der Waals surface area contributed by atoms with E-state index in [4.69, 9.17) is 0 Å². The maximum atomic E-state index is 9.91. The van der Waals surface area contributed by atoms with Crippen LogP contribution in [0.5, 0.6) is 5.75 Å². The zero-order valence-electron chi connectivity index (χ0n) is 13.6. The van der Waals surface area contributed by atoms with E-state index in [1.807, 2.05) is 72.8 Å². The van der Waals surface area contributed by atoms with Crippen molar-refractivity contribution in [3.63, 3.8) is 0 Å². The van der Waals surface area contributed by atoms with Crippen LogP contribution in [0, 0.1) is 0 Å². The van der Waals surface area contributed by atoms with Crippen molar-refractivity contribution in [2.75, 3.05) is 0 Å². The van der Waals surface area contributed by atoms with Gasteiger partial charge in [0.15, 0.2) is 0 Å². The van der Waals surface area contributed by atoms with Gasteiger partial charge in [-0.1, -0.05) is 98.8 Å². The van der Waals surface area contributed by atoms with Gasteiger partial charge in [-0.15, -0.1) is 0 Å².